The third kappa shape index (κ3) is 3.91. The largest absolute Gasteiger partial charge is 0.377 e. The van der Waals surface area contributed by atoms with Crippen LogP contribution in [-0.2, 0) is 17.9 Å². The van der Waals surface area contributed by atoms with Gasteiger partial charge in [-0.2, -0.15) is 0 Å². The molecule has 5 nitrogen and oxygen atoms in total. The molecule has 0 amide bonds. The summed E-state index contributed by atoms with van der Waals surface area (Å²) in [5.41, 5.74) is 0. The Morgan fingerprint density at radius 1 is 1.40 bits per heavy atom. The third-order valence-corrected chi connectivity index (χ3v) is 3.62. The molecular weight excluding hydrogens is 272 g/mol. The second-order valence-electron chi connectivity index (χ2n) is 4.43. The normalized spacial score (nSPS) is 10.6. The van der Waals surface area contributed by atoms with E-state index in [2.05, 4.69) is 37.7 Å². The van der Waals surface area contributed by atoms with Crippen LogP contribution in [0.3, 0.4) is 0 Å². The van der Waals surface area contributed by atoms with Gasteiger partial charge < -0.3 is 15.0 Å². The van der Waals surface area contributed by atoms with Crippen molar-refractivity contribution in [1.29, 1.82) is 0 Å². The van der Waals surface area contributed by atoms with E-state index in [1.165, 1.54) is 4.88 Å². The van der Waals surface area contributed by atoms with Gasteiger partial charge in [0.15, 0.2) is 5.82 Å². The Labute approximate surface area is 123 Å². The molecule has 0 unspecified atom stereocenters. The fourth-order valence-electron chi connectivity index (χ4n) is 1.86. The molecule has 2 aromatic heterocycles. The number of nitrogens with zero attached hydrogens (tertiary/aromatic N) is 3. The zero-order valence-corrected chi connectivity index (χ0v) is 12.9. The minimum Gasteiger partial charge on any atom is -0.377 e. The van der Waals surface area contributed by atoms with Crippen molar-refractivity contribution in [3.8, 4) is 0 Å². The maximum absolute atomic E-state index is 5.13. The molecule has 0 atom stereocenters. The van der Waals surface area contributed by atoms with Gasteiger partial charge in [0.1, 0.15) is 18.2 Å². The van der Waals surface area contributed by atoms with Gasteiger partial charge in [0, 0.05) is 31.6 Å². The molecule has 2 rings (SSSR count). The SMILES string of the molecule is CCNc1cc(N(C)Cc2cccs2)nc(COC)n1. The van der Waals surface area contributed by atoms with Crippen molar-refractivity contribution in [1.82, 2.24) is 9.97 Å². The summed E-state index contributed by atoms with van der Waals surface area (Å²) in [5.74, 6) is 2.43. The summed E-state index contributed by atoms with van der Waals surface area (Å²) in [6, 6.07) is 6.16. The van der Waals surface area contributed by atoms with Crippen molar-refractivity contribution >= 4 is 23.0 Å². The second-order valence-corrected chi connectivity index (χ2v) is 5.46. The minimum atomic E-state index is 0.416. The number of anilines is 2. The highest BCUT2D eigenvalue weighted by Gasteiger charge is 2.09. The highest BCUT2D eigenvalue weighted by molar-refractivity contribution is 7.09. The molecule has 2 aromatic rings. The number of hydrogen-bond acceptors (Lipinski definition) is 6. The van der Waals surface area contributed by atoms with Gasteiger partial charge in [-0.3, -0.25) is 0 Å². The van der Waals surface area contributed by atoms with E-state index >= 15 is 0 Å². The lowest BCUT2D eigenvalue weighted by Crippen LogP contribution is -2.19. The summed E-state index contributed by atoms with van der Waals surface area (Å²) in [4.78, 5) is 12.4. The van der Waals surface area contributed by atoms with Crippen LogP contribution >= 0.6 is 11.3 Å². The average molecular weight is 292 g/mol. The molecule has 0 aromatic carbocycles. The molecule has 0 saturated carbocycles. The van der Waals surface area contributed by atoms with Crippen molar-refractivity contribution in [2.45, 2.75) is 20.1 Å². The Balaban J connectivity index is 2.19. The fourth-order valence-corrected chi connectivity index (χ4v) is 2.62. The first-order chi connectivity index (χ1) is 9.72. The van der Waals surface area contributed by atoms with Gasteiger partial charge in [0.05, 0.1) is 6.54 Å². The van der Waals surface area contributed by atoms with Crippen LogP contribution in [0, 0.1) is 0 Å². The highest BCUT2D eigenvalue weighted by Crippen LogP contribution is 2.19. The lowest BCUT2D eigenvalue weighted by atomic mass is 10.4. The lowest BCUT2D eigenvalue weighted by Gasteiger charge is -2.19. The van der Waals surface area contributed by atoms with E-state index in [4.69, 9.17) is 4.74 Å². The van der Waals surface area contributed by atoms with E-state index in [0.29, 0.717) is 12.4 Å². The van der Waals surface area contributed by atoms with Crippen molar-refractivity contribution in [3.63, 3.8) is 0 Å². The third-order valence-electron chi connectivity index (χ3n) is 2.75. The van der Waals surface area contributed by atoms with E-state index < -0.39 is 0 Å². The highest BCUT2D eigenvalue weighted by atomic mass is 32.1. The van der Waals surface area contributed by atoms with Gasteiger partial charge in [-0.1, -0.05) is 6.07 Å². The predicted molar refractivity (Wildman–Crippen MR) is 83.3 cm³/mol. The van der Waals surface area contributed by atoms with Gasteiger partial charge in [0.25, 0.3) is 0 Å². The van der Waals surface area contributed by atoms with Gasteiger partial charge in [-0.05, 0) is 18.4 Å². The number of ether oxygens (including phenoxy) is 1. The summed E-state index contributed by atoms with van der Waals surface area (Å²) in [7, 11) is 3.69. The molecule has 6 heteroatoms. The van der Waals surface area contributed by atoms with Crippen molar-refractivity contribution < 1.29 is 4.74 Å². The van der Waals surface area contributed by atoms with Gasteiger partial charge in [0.2, 0.25) is 0 Å². The second kappa shape index (κ2) is 7.21. The van der Waals surface area contributed by atoms with Crippen molar-refractivity contribution in [2.24, 2.45) is 0 Å². The molecule has 0 fully saturated rings. The maximum Gasteiger partial charge on any atom is 0.158 e. The van der Waals surface area contributed by atoms with Crippen LogP contribution < -0.4 is 10.2 Å². The van der Waals surface area contributed by atoms with Gasteiger partial charge in [-0.15, -0.1) is 11.3 Å². The topological polar surface area (TPSA) is 50.3 Å². The molecule has 0 aliphatic rings. The van der Waals surface area contributed by atoms with Crippen LogP contribution in [0.4, 0.5) is 11.6 Å². The van der Waals surface area contributed by atoms with Gasteiger partial charge >= 0.3 is 0 Å². The first kappa shape index (κ1) is 14.7. The molecule has 1 N–H and O–H groups in total. The van der Waals surface area contributed by atoms with Crippen LogP contribution in [0.5, 0.6) is 0 Å². The van der Waals surface area contributed by atoms with Crippen LogP contribution in [0.15, 0.2) is 23.6 Å². The first-order valence-electron chi connectivity index (χ1n) is 6.57. The van der Waals surface area contributed by atoms with Gasteiger partial charge in [-0.25, -0.2) is 9.97 Å². The number of nitrogens with one attached hydrogen (secondary N) is 1. The van der Waals surface area contributed by atoms with Crippen molar-refractivity contribution in [2.75, 3.05) is 30.9 Å². The Bertz CT molecular complexity index is 506. The quantitative estimate of drug-likeness (QED) is 0.850. The average Bonchev–Trinajstić information content (AvgIpc) is 2.92. The molecule has 0 aliphatic carbocycles. The van der Waals surface area contributed by atoms with E-state index in [1.807, 2.05) is 20.0 Å². The zero-order chi connectivity index (χ0) is 14.4. The lowest BCUT2D eigenvalue weighted by molar-refractivity contribution is 0.178. The first-order valence-corrected chi connectivity index (χ1v) is 7.45. The van der Waals surface area contributed by atoms with Crippen LogP contribution in [-0.4, -0.2) is 30.7 Å². The Kier molecular flexibility index (Phi) is 5.31. The smallest absolute Gasteiger partial charge is 0.158 e. The van der Waals surface area contributed by atoms with Crippen LogP contribution in [0.2, 0.25) is 0 Å². The predicted octanol–water partition coefficient (Wildman–Crippen LogP) is 2.75. The summed E-state index contributed by atoms with van der Waals surface area (Å²) >= 11 is 1.75. The maximum atomic E-state index is 5.13. The number of methoxy groups -OCH3 is 1. The molecule has 0 aliphatic heterocycles. The summed E-state index contributed by atoms with van der Waals surface area (Å²) in [6.45, 7) is 4.14. The van der Waals surface area contributed by atoms with E-state index in [1.54, 1.807) is 18.4 Å². The van der Waals surface area contributed by atoms with E-state index in [9.17, 15) is 0 Å². The number of aromatic nitrogens is 2. The Morgan fingerprint density at radius 3 is 2.90 bits per heavy atom. The minimum absolute atomic E-state index is 0.416. The Hall–Kier alpha value is -1.66. The summed E-state index contributed by atoms with van der Waals surface area (Å²) < 4.78 is 5.13. The molecule has 20 heavy (non-hydrogen) atoms. The molecule has 108 valence electrons. The van der Waals surface area contributed by atoms with Crippen molar-refractivity contribution in [3.05, 3.63) is 34.3 Å². The summed E-state index contributed by atoms with van der Waals surface area (Å²) in [6.07, 6.45) is 0. The molecule has 0 spiro atoms. The van der Waals surface area contributed by atoms with Crippen LogP contribution in [0.25, 0.3) is 0 Å². The number of hydrogen-bond donors (Lipinski definition) is 1. The van der Waals surface area contributed by atoms with E-state index in [-0.39, 0.29) is 0 Å². The Morgan fingerprint density at radius 2 is 2.25 bits per heavy atom. The van der Waals surface area contributed by atoms with Crippen LogP contribution in [0.1, 0.15) is 17.6 Å². The zero-order valence-electron chi connectivity index (χ0n) is 12.1. The monoisotopic (exact) mass is 292 g/mol. The molecular formula is C14H20N4OS. The molecule has 0 radical (unpaired) electrons. The summed E-state index contributed by atoms with van der Waals surface area (Å²) in [5, 5.41) is 5.32. The number of thiophene rings is 1. The molecule has 0 saturated heterocycles. The van der Waals surface area contributed by atoms with E-state index in [0.717, 1.165) is 24.7 Å². The number of rotatable bonds is 7. The standard InChI is InChI=1S/C14H20N4OS/c1-4-15-12-8-14(17-13(16-12)10-19-3)18(2)9-11-6-5-7-20-11/h5-8H,4,9-10H2,1-3H3,(H,15,16,17). The fraction of sp³-hybridized carbons (Fsp3) is 0.429. The molecule has 0 bridgehead atoms. The molecule has 2 heterocycles.